The monoisotopic (exact) mass is 329 g/mol. The Morgan fingerprint density at radius 1 is 1.29 bits per heavy atom. The van der Waals surface area contributed by atoms with Crippen LogP contribution in [0.4, 0.5) is 5.82 Å². The van der Waals surface area contributed by atoms with Gasteiger partial charge >= 0.3 is 0 Å². The second-order valence-corrected chi connectivity index (χ2v) is 5.56. The number of nitrogens with one attached hydrogen (secondary N) is 2. The molecular weight excluding hydrogens is 310 g/mol. The molecule has 7 heteroatoms. The fourth-order valence-electron chi connectivity index (χ4n) is 2.94. The van der Waals surface area contributed by atoms with E-state index < -0.39 is 0 Å². The molecule has 126 valence electrons. The largest absolute Gasteiger partial charge is 0.493 e. The van der Waals surface area contributed by atoms with Gasteiger partial charge in [0, 0.05) is 12.3 Å². The summed E-state index contributed by atoms with van der Waals surface area (Å²) in [5, 5.41) is 2.68. The van der Waals surface area contributed by atoms with E-state index in [2.05, 4.69) is 15.3 Å². The van der Waals surface area contributed by atoms with Gasteiger partial charge in [0.15, 0.2) is 11.5 Å². The quantitative estimate of drug-likeness (QED) is 0.894. The number of aryl methyl sites for hydroxylation is 1. The van der Waals surface area contributed by atoms with Gasteiger partial charge in [-0.3, -0.25) is 9.59 Å². The highest BCUT2D eigenvalue weighted by Crippen LogP contribution is 2.37. The number of hydrogen-bond acceptors (Lipinski definition) is 5. The van der Waals surface area contributed by atoms with Gasteiger partial charge in [-0.1, -0.05) is 6.07 Å². The number of amides is 1. The molecule has 24 heavy (non-hydrogen) atoms. The van der Waals surface area contributed by atoms with Crippen molar-refractivity contribution in [2.75, 3.05) is 19.0 Å². The topological polar surface area (TPSA) is 93.3 Å². The number of hydrogen-bond donors (Lipinski definition) is 2. The molecule has 0 aliphatic carbocycles. The number of nitrogens with zero attached hydrogens (tertiary/aromatic N) is 1. The molecule has 2 heterocycles. The number of methoxy groups -OCH3 is 1. The summed E-state index contributed by atoms with van der Waals surface area (Å²) in [6, 6.07) is 5.44. The van der Waals surface area contributed by atoms with Gasteiger partial charge in [0.2, 0.25) is 5.91 Å². The van der Waals surface area contributed by atoms with Crippen LogP contribution in [0.5, 0.6) is 11.5 Å². The molecule has 1 aromatic carbocycles. The highest BCUT2D eigenvalue weighted by molar-refractivity contribution is 5.94. The first-order valence-electron chi connectivity index (χ1n) is 7.74. The van der Waals surface area contributed by atoms with Gasteiger partial charge in [-0.2, -0.15) is 0 Å². The predicted octanol–water partition coefficient (Wildman–Crippen LogP) is 1.96. The zero-order valence-electron chi connectivity index (χ0n) is 13.8. The van der Waals surface area contributed by atoms with E-state index in [4.69, 9.17) is 9.47 Å². The van der Waals surface area contributed by atoms with Crippen LogP contribution in [0.25, 0.3) is 0 Å². The zero-order valence-corrected chi connectivity index (χ0v) is 13.8. The Balaban J connectivity index is 2.11. The highest BCUT2D eigenvalue weighted by Gasteiger charge is 2.31. The number of rotatable bonds is 4. The minimum atomic E-state index is -0.379. The van der Waals surface area contributed by atoms with Crippen LogP contribution in [-0.2, 0) is 4.79 Å². The Kier molecular flexibility index (Phi) is 4.24. The van der Waals surface area contributed by atoms with Crippen molar-refractivity contribution in [1.29, 1.82) is 0 Å². The van der Waals surface area contributed by atoms with Crippen LogP contribution >= 0.6 is 0 Å². The summed E-state index contributed by atoms with van der Waals surface area (Å²) in [5.41, 5.74) is 1.03. The molecule has 2 N–H and O–H groups in total. The molecular formula is C17H19N3O4. The van der Waals surface area contributed by atoms with Crippen LogP contribution in [0.2, 0.25) is 0 Å². The van der Waals surface area contributed by atoms with Crippen LogP contribution < -0.4 is 20.3 Å². The van der Waals surface area contributed by atoms with E-state index in [0.717, 1.165) is 5.56 Å². The Morgan fingerprint density at radius 3 is 2.79 bits per heavy atom. The van der Waals surface area contributed by atoms with E-state index in [9.17, 15) is 9.59 Å². The second-order valence-electron chi connectivity index (χ2n) is 5.56. The molecule has 0 saturated heterocycles. The van der Waals surface area contributed by atoms with Gasteiger partial charge in [-0.15, -0.1) is 0 Å². The van der Waals surface area contributed by atoms with Crippen molar-refractivity contribution in [3.05, 3.63) is 45.5 Å². The first-order chi connectivity index (χ1) is 11.5. The number of ether oxygens (including phenoxy) is 2. The number of benzene rings is 1. The first kappa shape index (κ1) is 16.0. The third-order valence-corrected chi connectivity index (χ3v) is 3.96. The normalized spacial score (nSPS) is 16.3. The van der Waals surface area contributed by atoms with Gasteiger partial charge in [0.1, 0.15) is 11.6 Å². The third kappa shape index (κ3) is 2.84. The Bertz CT molecular complexity index is 844. The van der Waals surface area contributed by atoms with E-state index >= 15 is 0 Å². The van der Waals surface area contributed by atoms with Gasteiger partial charge in [-0.25, -0.2) is 4.98 Å². The molecule has 7 nitrogen and oxygen atoms in total. The number of fused-ring (bicyclic) bond motifs is 1. The molecule has 1 amide bonds. The number of carbonyl (C=O) groups is 1. The fourth-order valence-corrected chi connectivity index (χ4v) is 2.94. The number of aromatic nitrogens is 2. The smallest absolute Gasteiger partial charge is 0.256 e. The van der Waals surface area contributed by atoms with Crippen LogP contribution in [0.1, 0.15) is 36.2 Å². The second kappa shape index (κ2) is 6.35. The maximum absolute atomic E-state index is 12.4. The minimum absolute atomic E-state index is 0.169. The molecule has 1 aliphatic heterocycles. The average Bonchev–Trinajstić information content (AvgIpc) is 2.54. The lowest BCUT2D eigenvalue weighted by atomic mass is 9.86. The molecule has 1 aliphatic rings. The van der Waals surface area contributed by atoms with Gasteiger partial charge in [-0.05, 0) is 31.5 Å². The summed E-state index contributed by atoms with van der Waals surface area (Å²) >= 11 is 0. The lowest BCUT2D eigenvalue weighted by Crippen LogP contribution is -2.31. The number of H-pyrrole nitrogens is 1. The third-order valence-electron chi connectivity index (χ3n) is 3.96. The molecule has 1 aromatic heterocycles. The lowest BCUT2D eigenvalue weighted by Gasteiger charge is -2.25. The van der Waals surface area contributed by atoms with Crippen LogP contribution in [0.15, 0.2) is 23.0 Å². The van der Waals surface area contributed by atoms with Crippen molar-refractivity contribution >= 4 is 11.7 Å². The van der Waals surface area contributed by atoms with Crippen LogP contribution in [0, 0.1) is 6.92 Å². The van der Waals surface area contributed by atoms with Crippen LogP contribution in [0.3, 0.4) is 0 Å². The molecule has 0 spiro atoms. The molecule has 0 fully saturated rings. The van der Waals surface area contributed by atoms with E-state index in [1.807, 2.05) is 13.0 Å². The van der Waals surface area contributed by atoms with Crippen molar-refractivity contribution in [3.63, 3.8) is 0 Å². The first-order valence-corrected chi connectivity index (χ1v) is 7.74. The van der Waals surface area contributed by atoms with E-state index in [1.54, 1.807) is 26.2 Å². The lowest BCUT2D eigenvalue weighted by molar-refractivity contribution is -0.116. The SMILES string of the molecule is CCOc1ccc([C@H]2CC(=O)Nc3nc(C)[nH]c(=O)c32)cc1OC. The van der Waals surface area contributed by atoms with E-state index in [1.165, 1.54) is 0 Å². The zero-order chi connectivity index (χ0) is 17.3. The maximum Gasteiger partial charge on any atom is 0.256 e. The van der Waals surface area contributed by atoms with Crippen molar-refractivity contribution < 1.29 is 14.3 Å². The Hall–Kier alpha value is -2.83. The summed E-state index contributed by atoms with van der Waals surface area (Å²) in [7, 11) is 1.56. The molecule has 1 atom stereocenters. The van der Waals surface area contributed by atoms with Gasteiger partial charge < -0.3 is 19.8 Å². The Labute approximate surface area is 139 Å². The summed E-state index contributed by atoms with van der Waals surface area (Å²) in [5.74, 6) is 1.43. The average molecular weight is 329 g/mol. The van der Waals surface area contributed by atoms with Crippen molar-refractivity contribution in [3.8, 4) is 11.5 Å². The predicted molar refractivity (Wildman–Crippen MR) is 88.8 cm³/mol. The number of anilines is 1. The fraction of sp³-hybridized carbons (Fsp3) is 0.353. The standard InChI is InChI=1S/C17H19N3O4/c1-4-24-12-6-5-10(7-13(12)23-3)11-8-14(21)20-16-15(11)17(22)19-9(2)18-16/h5-7,11H,4,8H2,1-3H3,(H2,18,19,20,21,22)/t11-/m1/s1. The highest BCUT2D eigenvalue weighted by atomic mass is 16.5. The minimum Gasteiger partial charge on any atom is -0.493 e. The summed E-state index contributed by atoms with van der Waals surface area (Å²) < 4.78 is 10.9. The molecule has 0 radical (unpaired) electrons. The molecule has 3 rings (SSSR count). The van der Waals surface area contributed by atoms with Crippen molar-refractivity contribution in [1.82, 2.24) is 9.97 Å². The van der Waals surface area contributed by atoms with Gasteiger partial charge in [0.05, 0.1) is 19.3 Å². The van der Waals surface area contributed by atoms with Crippen LogP contribution in [-0.4, -0.2) is 29.6 Å². The summed E-state index contributed by atoms with van der Waals surface area (Å²) in [6.45, 7) is 4.09. The van der Waals surface area contributed by atoms with Crippen molar-refractivity contribution in [2.24, 2.45) is 0 Å². The summed E-state index contributed by atoms with van der Waals surface area (Å²) in [4.78, 5) is 31.4. The van der Waals surface area contributed by atoms with E-state index in [-0.39, 0.29) is 23.8 Å². The molecule has 0 saturated carbocycles. The van der Waals surface area contributed by atoms with Crippen molar-refractivity contribution in [2.45, 2.75) is 26.2 Å². The maximum atomic E-state index is 12.4. The molecule has 0 bridgehead atoms. The van der Waals surface area contributed by atoms with E-state index in [0.29, 0.717) is 35.3 Å². The number of aromatic amines is 1. The summed E-state index contributed by atoms with van der Waals surface area (Å²) in [6.07, 6.45) is 0.179. The molecule has 0 unspecified atom stereocenters. The number of carbonyl (C=O) groups excluding carboxylic acids is 1. The van der Waals surface area contributed by atoms with Gasteiger partial charge in [0.25, 0.3) is 5.56 Å². The molecule has 2 aromatic rings. The Morgan fingerprint density at radius 2 is 2.08 bits per heavy atom.